The van der Waals surface area contributed by atoms with Crippen molar-refractivity contribution >= 4 is 17.6 Å². The summed E-state index contributed by atoms with van der Waals surface area (Å²) in [6.45, 7) is 1.03. The van der Waals surface area contributed by atoms with Gasteiger partial charge in [-0.25, -0.2) is 4.39 Å². The van der Waals surface area contributed by atoms with Gasteiger partial charge in [0.25, 0.3) is 11.8 Å². The number of hydrogen-bond acceptors (Lipinski definition) is 4. The lowest BCUT2D eigenvalue weighted by atomic mass is 10.1. The second-order valence-electron chi connectivity index (χ2n) is 7.34. The van der Waals surface area contributed by atoms with E-state index in [2.05, 4.69) is 15.5 Å². The molecule has 1 atom stereocenters. The smallest absolute Gasteiger partial charge is 0.256 e. The zero-order valence-electron chi connectivity index (χ0n) is 14.6. The molecule has 140 valence electrons. The number of fused-ring (bicyclic) bond motifs is 2. The number of halogens is 1. The zero-order chi connectivity index (χ0) is 18.6. The molecule has 2 aliphatic heterocycles. The van der Waals surface area contributed by atoms with Gasteiger partial charge < -0.3 is 15.0 Å². The topological polar surface area (TPSA) is 87.3 Å². The molecule has 5 rings (SSSR count). The highest BCUT2D eigenvalue weighted by atomic mass is 19.1. The van der Waals surface area contributed by atoms with Crippen molar-refractivity contribution in [1.82, 2.24) is 15.1 Å². The Balaban J connectivity index is 1.38. The van der Waals surface area contributed by atoms with Gasteiger partial charge in [-0.15, -0.1) is 0 Å². The monoisotopic (exact) mass is 370 g/mol. The van der Waals surface area contributed by atoms with E-state index >= 15 is 0 Å². The van der Waals surface area contributed by atoms with Gasteiger partial charge in [-0.3, -0.25) is 14.7 Å². The van der Waals surface area contributed by atoms with Crippen LogP contribution in [0.3, 0.4) is 0 Å². The van der Waals surface area contributed by atoms with Crippen LogP contribution in [-0.4, -0.2) is 39.6 Å². The molecule has 2 N–H and O–H groups in total. The molecule has 1 aromatic heterocycles. The summed E-state index contributed by atoms with van der Waals surface area (Å²) in [5.41, 5.74) is 1.77. The number of rotatable bonds is 3. The first-order chi connectivity index (χ1) is 13.1. The van der Waals surface area contributed by atoms with Crippen molar-refractivity contribution in [2.45, 2.75) is 43.9 Å². The Bertz CT molecular complexity index is 914. The lowest BCUT2D eigenvalue weighted by Crippen LogP contribution is -2.41. The summed E-state index contributed by atoms with van der Waals surface area (Å²) in [5.74, 6) is -0.317. The van der Waals surface area contributed by atoms with Crippen LogP contribution in [0.1, 0.15) is 47.3 Å². The predicted octanol–water partition coefficient (Wildman–Crippen LogP) is 2.31. The van der Waals surface area contributed by atoms with E-state index in [0.717, 1.165) is 36.9 Å². The molecule has 1 saturated carbocycles. The molecule has 1 aromatic carbocycles. The van der Waals surface area contributed by atoms with Gasteiger partial charge >= 0.3 is 0 Å². The van der Waals surface area contributed by atoms with E-state index in [1.165, 1.54) is 24.3 Å². The van der Waals surface area contributed by atoms with Crippen LogP contribution in [0.5, 0.6) is 0 Å². The van der Waals surface area contributed by atoms with Crippen molar-refractivity contribution < 1.29 is 18.7 Å². The Labute approximate surface area is 154 Å². The van der Waals surface area contributed by atoms with E-state index in [4.69, 9.17) is 4.74 Å². The first-order valence-corrected chi connectivity index (χ1v) is 9.16. The van der Waals surface area contributed by atoms with E-state index in [0.29, 0.717) is 24.5 Å². The van der Waals surface area contributed by atoms with Crippen LogP contribution in [-0.2, 0) is 21.6 Å². The van der Waals surface area contributed by atoms with Gasteiger partial charge in [-0.05, 0) is 49.9 Å². The lowest BCUT2D eigenvalue weighted by molar-refractivity contribution is -0.144. The quantitative estimate of drug-likeness (QED) is 0.868. The van der Waals surface area contributed by atoms with E-state index in [1.807, 2.05) is 4.90 Å². The molecule has 2 aromatic rings. The van der Waals surface area contributed by atoms with Crippen LogP contribution in [0.15, 0.2) is 24.3 Å². The number of carbonyl (C=O) groups excluding carboxylic acids is 2. The second kappa shape index (κ2) is 5.88. The number of aromatic amines is 1. The molecule has 7 nitrogen and oxygen atoms in total. The minimum atomic E-state index is -0.397. The van der Waals surface area contributed by atoms with Crippen molar-refractivity contribution in [2.24, 2.45) is 0 Å². The third-order valence-electron chi connectivity index (χ3n) is 5.70. The van der Waals surface area contributed by atoms with E-state index in [9.17, 15) is 14.0 Å². The number of anilines is 1. The van der Waals surface area contributed by atoms with Crippen molar-refractivity contribution in [3.05, 3.63) is 46.9 Å². The number of nitrogens with zero attached hydrogens (tertiary/aromatic N) is 2. The maximum Gasteiger partial charge on any atom is 0.256 e. The van der Waals surface area contributed by atoms with Crippen molar-refractivity contribution in [3.63, 3.8) is 0 Å². The van der Waals surface area contributed by atoms with Crippen LogP contribution < -0.4 is 5.32 Å². The molecule has 2 fully saturated rings. The Hall–Kier alpha value is -2.74. The molecule has 1 saturated heterocycles. The fourth-order valence-electron chi connectivity index (χ4n) is 4.11. The van der Waals surface area contributed by atoms with Crippen molar-refractivity contribution in [2.75, 3.05) is 11.9 Å². The Morgan fingerprint density at radius 1 is 1.30 bits per heavy atom. The first-order valence-electron chi connectivity index (χ1n) is 9.16. The molecule has 1 spiro atoms. The largest absolute Gasteiger partial charge is 0.368 e. The Kier molecular flexibility index (Phi) is 3.58. The standard InChI is InChI=1S/C19H19FN4O3/c20-12-5-3-11(4-6-12)17(25)21-16-13-10-24(18(26)14-2-1-9-27-14)19(7-8-19)15(13)22-23-16/h3-6,14H,1-2,7-10H2,(H2,21,22,23,25)/t14-/m1/s1. The van der Waals surface area contributed by atoms with E-state index in [1.54, 1.807) is 0 Å². The van der Waals surface area contributed by atoms with Crippen LogP contribution in [0.2, 0.25) is 0 Å². The third kappa shape index (κ3) is 2.55. The molecule has 0 unspecified atom stereocenters. The number of ether oxygens (including phenoxy) is 1. The number of benzene rings is 1. The predicted molar refractivity (Wildman–Crippen MR) is 93.4 cm³/mol. The van der Waals surface area contributed by atoms with Gasteiger partial charge in [0.05, 0.1) is 17.8 Å². The van der Waals surface area contributed by atoms with Crippen LogP contribution >= 0.6 is 0 Å². The summed E-state index contributed by atoms with van der Waals surface area (Å²) < 4.78 is 18.6. The molecule has 3 heterocycles. The number of amides is 2. The SMILES string of the molecule is O=C(Nc1n[nH]c2c1CN(C(=O)[C@H]1CCCO1)C21CC1)c1ccc(F)cc1. The van der Waals surface area contributed by atoms with Gasteiger partial charge in [0.15, 0.2) is 5.82 Å². The van der Waals surface area contributed by atoms with Gasteiger partial charge in [0.1, 0.15) is 11.9 Å². The van der Waals surface area contributed by atoms with Crippen LogP contribution in [0, 0.1) is 5.82 Å². The van der Waals surface area contributed by atoms with Crippen LogP contribution in [0.25, 0.3) is 0 Å². The number of carbonyl (C=O) groups is 2. The summed E-state index contributed by atoms with van der Waals surface area (Å²) in [7, 11) is 0. The number of H-pyrrole nitrogens is 1. The minimum absolute atomic E-state index is 0.0189. The van der Waals surface area contributed by atoms with Gasteiger partial charge in [-0.2, -0.15) is 5.10 Å². The maximum absolute atomic E-state index is 13.0. The molecule has 0 radical (unpaired) electrons. The van der Waals surface area contributed by atoms with Gasteiger partial charge in [-0.1, -0.05) is 0 Å². The molecule has 0 bridgehead atoms. The zero-order valence-corrected chi connectivity index (χ0v) is 14.6. The summed E-state index contributed by atoms with van der Waals surface area (Å²) >= 11 is 0. The summed E-state index contributed by atoms with van der Waals surface area (Å²) in [6.07, 6.45) is 3.06. The highest BCUT2D eigenvalue weighted by molar-refractivity contribution is 6.04. The summed E-state index contributed by atoms with van der Waals surface area (Å²) in [5, 5.41) is 10.0. The molecule has 2 amide bonds. The van der Waals surface area contributed by atoms with Crippen molar-refractivity contribution in [3.8, 4) is 0 Å². The fraction of sp³-hybridized carbons (Fsp3) is 0.421. The minimum Gasteiger partial charge on any atom is -0.368 e. The number of nitrogens with one attached hydrogen (secondary N) is 2. The van der Waals surface area contributed by atoms with E-state index < -0.39 is 5.82 Å². The first kappa shape index (κ1) is 16.4. The highest BCUT2D eigenvalue weighted by Crippen LogP contribution is 2.57. The molecule has 1 aliphatic carbocycles. The maximum atomic E-state index is 13.0. The van der Waals surface area contributed by atoms with Gasteiger partial charge in [0, 0.05) is 17.7 Å². The average molecular weight is 370 g/mol. The Morgan fingerprint density at radius 3 is 2.74 bits per heavy atom. The highest BCUT2D eigenvalue weighted by Gasteiger charge is 2.59. The third-order valence-corrected chi connectivity index (χ3v) is 5.70. The molecular formula is C19H19FN4O3. The normalized spacial score (nSPS) is 22.1. The lowest BCUT2D eigenvalue weighted by Gasteiger charge is -2.27. The van der Waals surface area contributed by atoms with Crippen molar-refractivity contribution in [1.29, 1.82) is 0 Å². The van der Waals surface area contributed by atoms with E-state index in [-0.39, 0.29) is 23.5 Å². The number of aromatic nitrogens is 2. The van der Waals surface area contributed by atoms with Gasteiger partial charge in [0.2, 0.25) is 0 Å². The Morgan fingerprint density at radius 2 is 2.07 bits per heavy atom. The number of hydrogen-bond donors (Lipinski definition) is 2. The molecule has 27 heavy (non-hydrogen) atoms. The van der Waals surface area contributed by atoms with Crippen LogP contribution in [0.4, 0.5) is 10.2 Å². The average Bonchev–Trinajstić information content (AvgIpc) is 3.02. The molecule has 3 aliphatic rings. The molecule has 8 heteroatoms. The second-order valence-corrected chi connectivity index (χ2v) is 7.34. The summed E-state index contributed by atoms with van der Waals surface area (Å²) in [4.78, 5) is 27.2. The molecular weight excluding hydrogens is 351 g/mol. The summed E-state index contributed by atoms with van der Waals surface area (Å²) in [6, 6.07) is 5.33. The fourth-order valence-corrected chi connectivity index (χ4v) is 4.11.